The third-order valence-corrected chi connectivity index (χ3v) is 6.92. The van der Waals surface area contributed by atoms with Gasteiger partial charge in [0.1, 0.15) is 47.5 Å². The second-order valence-electron chi connectivity index (χ2n) is 11.4. The number of benzene rings is 2. The molecule has 3 N–H and O–H groups in total. The number of carbonyl (C=O) groups excluding carboxylic acids is 2. The van der Waals surface area contributed by atoms with Gasteiger partial charge in [0, 0.05) is 36.8 Å². The highest BCUT2D eigenvalue weighted by atomic mass is 19.1. The van der Waals surface area contributed by atoms with Crippen LogP contribution in [0.4, 0.5) is 10.1 Å². The Kier molecular flexibility index (Phi) is 9.86. The first-order valence-electron chi connectivity index (χ1n) is 14.1. The Balaban J connectivity index is 1.43. The number of pyridine rings is 1. The first-order chi connectivity index (χ1) is 20.8. The number of carbonyl (C=O) groups is 3. The van der Waals surface area contributed by atoms with Crippen molar-refractivity contribution in [3.63, 3.8) is 0 Å². The van der Waals surface area contributed by atoms with Gasteiger partial charge in [0.05, 0.1) is 5.69 Å². The molecule has 10 nitrogen and oxygen atoms in total. The van der Waals surface area contributed by atoms with Gasteiger partial charge in [-0.05, 0) is 68.3 Å². The van der Waals surface area contributed by atoms with E-state index >= 15 is 0 Å². The lowest BCUT2D eigenvalue weighted by Crippen LogP contribution is -2.49. The topological polar surface area (TPSA) is 130 Å². The molecule has 2 aromatic carbocycles. The van der Waals surface area contributed by atoms with E-state index in [-0.39, 0.29) is 24.1 Å². The number of carboxylic acid groups (broad SMARTS) is 1. The second-order valence-corrected chi connectivity index (χ2v) is 11.4. The highest BCUT2D eigenvalue weighted by molar-refractivity contribution is 6.03. The Bertz CT molecular complexity index is 1600. The summed E-state index contributed by atoms with van der Waals surface area (Å²) in [5, 5.41) is 15.2. The standard InChI is InChI=1S/C33H35FN4O6/c1-20(2)29(32(41)42)36-19-33(3,4)14-12-21-6-11-28-27(16-21)38(5)31(40)26(18-43-28)37-30(39)25-17-24(13-15-35-25)44-23-9-7-22(34)8-10-23/h6-11,13,15-17,20,26,29,36H,18-19H2,1-5H3,(H,37,39)(H,41,42)/t26-,29-/m0/s1. The van der Waals surface area contributed by atoms with E-state index in [4.69, 9.17) is 9.47 Å². The molecule has 11 heteroatoms. The summed E-state index contributed by atoms with van der Waals surface area (Å²) in [7, 11) is 1.59. The van der Waals surface area contributed by atoms with Crippen molar-refractivity contribution in [2.24, 2.45) is 11.3 Å². The van der Waals surface area contributed by atoms with Gasteiger partial charge in [-0.25, -0.2) is 4.39 Å². The normalized spacial score (nSPS) is 15.3. The maximum Gasteiger partial charge on any atom is 0.320 e. The number of amides is 2. The van der Waals surface area contributed by atoms with Crippen LogP contribution < -0.4 is 25.0 Å². The molecule has 1 aliphatic rings. The van der Waals surface area contributed by atoms with E-state index in [2.05, 4.69) is 27.5 Å². The van der Waals surface area contributed by atoms with Gasteiger partial charge >= 0.3 is 5.97 Å². The van der Waals surface area contributed by atoms with E-state index in [9.17, 15) is 23.9 Å². The molecule has 2 heterocycles. The fourth-order valence-corrected chi connectivity index (χ4v) is 4.41. The molecule has 0 unspecified atom stereocenters. The Morgan fingerprint density at radius 3 is 2.57 bits per heavy atom. The Morgan fingerprint density at radius 2 is 1.89 bits per heavy atom. The van der Waals surface area contributed by atoms with Gasteiger partial charge in [-0.15, -0.1) is 0 Å². The Labute approximate surface area is 255 Å². The Morgan fingerprint density at radius 1 is 1.16 bits per heavy atom. The van der Waals surface area contributed by atoms with E-state index in [0.29, 0.717) is 35.0 Å². The highest BCUT2D eigenvalue weighted by Gasteiger charge is 2.31. The van der Waals surface area contributed by atoms with Crippen LogP contribution in [0.15, 0.2) is 60.8 Å². The molecule has 0 aliphatic carbocycles. The van der Waals surface area contributed by atoms with E-state index in [1.165, 1.54) is 41.4 Å². The molecule has 1 aromatic heterocycles. The summed E-state index contributed by atoms with van der Waals surface area (Å²) in [5.41, 5.74) is 0.634. The zero-order valence-electron chi connectivity index (χ0n) is 25.2. The van der Waals surface area contributed by atoms with Gasteiger partial charge < -0.3 is 30.1 Å². The monoisotopic (exact) mass is 602 g/mol. The molecule has 1 aliphatic heterocycles. The van der Waals surface area contributed by atoms with Gasteiger partial charge in [-0.2, -0.15) is 0 Å². The fourth-order valence-electron chi connectivity index (χ4n) is 4.41. The summed E-state index contributed by atoms with van der Waals surface area (Å²) in [6, 6.07) is 12.0. The minimum atomic E-state index is -0.994. The number of likely N-dealkylation sites (N-methyl/N-ethyl adjacent to an activating group) is 1. The average Bonchev–Trinajstić information content (AvgIpc) is 3.09. The average molecular weight is 603 g/mol. The molecule has 0 saturated heterocycles. The van der Waals surface area contributed by atoms with Crippen LogP contribution in [0.5, 0.6) is 17.2 Å². The first-order valence-corrected chi connectivity index (χ1v) is 14.1. The summed E-state index contributed by atoms with van der Waals surface area (Å²) in [6.45, 7) is 7.80. The van der Waals surface area contributed by atoms with Crippen molar-refractivity contribution in [3.05, 3.63) is 77.9 Å². The lowest BCUT2D eigenvalue weighted by atomic mass is 9.92. The zero-order valence-corrected chi connectivity index (χ0v) is 25.2. The summed E-state index contributed by atoms with van der Waals surface area (Å²) < 4.78 is 24.8. The van der Waals surface area contributed by atoms with Gasteiger partial charge in [0.15, 0.2) is 0 Å². The number of fused-ring (bicyclic) bond motifs is 1. The lowest BCUT2D eigenvalue weighted by Gasteiger charge is -2.24. The maximum absolute atomic E-state index is 13.4. The minimum Gasteiger partial charge on any atom is -0.489 e. The van der Waals surface area contributed by atoms with Crippen LogP contribution in [0.1, 0.15) is 43.7 Å². The van der Waals surface area contributed by atoms with E-state index in [1.54, 1.807) is 31.3 Å². The van der Waals surface area contributed by atoms with Crippen molar-refractivity contribution in [2.45, 2.75) is 39.8 Å². The third kappa shape index (κ3) is 8.11. The van der Waals surface area contributed by atoms with Gasteiger partial charge in [0.2, 0.25) is 0 Å². The van der Waals surface area contributed by atoms with Crippen LogP contribution >= 0.6 is 0 Å². The number of nitrogens with one attached hydrogen (secondary N) is 2. The number of hydrogen-bond acceptors (Lipinski definition) is 7. The zero-order chi connectivity index (χ0) is 32.0. The van der Waals surface area contributed by atoms with Crippen LogP contribution in [0.3, 0.4) is 0 Å². The molecule has 0 bridgehead atoms. The molecular weight excluding hydrogens is 567 g/mol. The fraction of sp³-hybridized carbons (Fsp3) is 0.333. The second kappa shape index (κ2) is 13.6. The Hall–Kier alpha value is -4.95. The molecule has 0 spiro atoms. The predicted molar refractivity (Wildman–Crippen MR) is 162 cm³/mol. The van der Waals surface area contributed by atoms with Crippen molar-refractivity contribution in [1.29, 1.82) is 0 Å². The molecule has 0 fully saturated rings. The number of hydrogen-bond donors (Lipinski definition) is 3. The highest BCUT2D eigenvalue weighted by Crippen LogP contribution is 2.32. The number of nitrogens with zero attached hydrogens (tertiary/aromatic N) is 2. The summed E-state index contributed by atoms with van der Waals surface area (Å²) in [5.74, 6) is 5.11. The minimum absolute atomic E-state index is 0.0274. The quantitative estimate of drug-likeness (QED) is 0.310. The molecule has 3 aromatic rings. The number of rotatable bonds is 9. The van der Waals surface area contributed by atoms with Crippen LogP contribution in [0, 0.1) is 29.0 Å². The largest absolute Gasteiger partial charge is 0.489 e. The summed E-state index contributed by atoms with van der Waals surface area (Å²) in [6.07, 6.45) is 1.40. The maximum atomic E-state index is 13.4. The van der Waals surface area contributed by atoms with E-state index < -0.39 is 35.2 Å². The third-order valence-electron chi connectivity index (χ3n) is 6.92. The number of aliphatic carboxylic acids is 1. The van der Waals surface area contributed by atoms with Crippen molar-refractivity contribution in [1.82, 2.24) is 15.6 Å². The first kappa shape index (κ1) is 32.0. The number of halogens is 1. The van der Waals surface area contributed by atoms with Crippen LogP contribution in [0.2, 0.25) is 0 Å². The van der Waals surface area contributed by atoms with Gasteiger partial charge in [0.25, 0.3) is 11.8 Å². The summed E-state index contributed by atoms with van der Waals surface area (Å²) >= 11 is 0. The number of aromatic nitrogens is 1. The smallest absolute Gasteiger partial charge is 0.320 e. The molecule has 2 amide bonds. The molecule has 0 saturated carbocycles. The summed E-state index contributed by atoms with van der Waals surface area (Å²) in [4.78, 5) is 43.4. The van der Waals surface area contributed by atoms with Gasteiger partial charge in [-0.1, -0.05) is 25.7 Å². The number of carboxylic acids is 1. The molecule has 0 radical (unpaired) electrons. The van der Waals surface area contributed by atoms with Crippen LogP contribution in [-0.2, 0) is 9.59 Å². The molecule has 4 rings (SSSR count). The van der Waals surface area contributed by atoms with E-state index in [0.717, 1.165) is 0 Å². The van der Waals surface area contributed by atoms with Gasteiger partial charge in [-0.3, -0.25) is 19.4 Å². The molecule has 44 heavy (non-hydrogen) atoms. The number of anilines is 1. The van der Waals surface area contributed by atoms with Crippen molar-refractivity contribution in [3.8, 4) is 29.1 Å². The predicted octanol–water partition coefficient (Wildman–Crippen LogP) is 4.24. The molecule has 230 valence electrons. The van der Waals surface area contributed by atoms with E-state index in [1.807, 2.05) is 27.7 Å². The van der Waals surface area contributed by atoms with Crippen LogP contribution in [-0.4, -0.2) is 60.2 Å². The lowest BCUT2D eigenvalue weighted by molar-refractivity contribution is -0.140. The van der Waals surface area contributed by atoms with Crippen molar-refractivity contribution in [2.75, 3.05) is 25.1 Å². The SMILES string of the molecule is CC(C)[C@H](NCC(C)(C)C#Cc1ccc2c(c1)N(C)C(=O)[C@@H](NC(=O)c1cc(Oc3ccc(F)cc3)ccn1)CO2)C(=O)O. The van der Waals surface area contributed by atoms with Crippen molar-refractivity contribution < 1.29 is 33.4 Å². The molecule has 2 atom stereocenters. The number of ether oxygens (including phenoxy) is 2. The van der Waals surface area contributed by atoms with Crippen LogP contribution in [0.25, 0.3) is 0 Å². The van der Waals surface area contributed by atoms with Crippen molar-refractivity contribution >= 4 is 23.5 Å². The molecular formula is C33H35FN4O6.